The van der Waals surface area contributed by atoms with E-state index < -0.39 is 0 Å². The summed E-state index contributed by atoms with van der Waals surface area (Å²) >= 11 is 0. The minimum atomic E-state index is 0.00403. The third-order valence-corrected chi connectivity index (χ3v) is 4.23. The minimum Gasteiger partial charge on any atom is -0.492 e. The van der Waals surface area contributed by atoms with Gasteiger partial charge in [-0.05, 0) is 37.0 Å². The first-order valence-corrected chi connectivity index (χ1v) is 7.75. The normalized spacial score (nSPS) is 19.4. The molecule has 2 N–H and O–H groups in total. The second-order valence-corrected chi connectivity index (χ2v) is 5.95. The number of carbonyl (C=O) groups is 1. The number of amides is 2. The highest BCUT2D eigenvalue weighted by molar-refractivity contribution is 5.89. The van der Waals surface area contributed by atoms with Crippen LogP contribution in [0.1, 0.15) is 25.3 Å². The number of benzene rings is 1. The molecule has 0 aromatic heterocycles. The van der Waals surface area contributed by atoms with Gasteiger partial charge in [-0.15, -0.1) is 0 Å². The first-order valence-electron chi connectivity index (χ1n) is 7.75. The molecule has 0 bridgehead atoms. The lowest BCUT2D eigenvalue weighted by atomic mass is 10.00. The molecule has 1 aromatic rings. The lowest BCUT2D eigenvalue weighted by molar-refractivity contribution is 0.186. The van der Waals surface area contributed by atoms with Gasteiger partial charge >= 0.3 is 6.03 Å². The smallest absolute Gasteiger partial charge is 0.321 e. The molecule has 2 amide bonds. The summed E-state index contributed by atoms with van der Waals surface area (Å²) in [5.41, 5.74) is 1.93. The maximum atomic E-state index is 12.3. The summed E-state index contributed by atoms with van der Waals surface area (Å²) in [6, 6.07) is 5.85. The van der Waals surface area contributed by atoms with E-state index in [1.54, 1.807) is 0 Å². The van der Waals surface area contributed by atoms with E-state index in [4.69, 9.17) is 4.74 Å². The SMILES string of the molecule is CC1CCN(C(=O)Nc2ccc3c(c2)CNCCO3)CC1. The molecule has 3 rings (SSSR count). The number of nitrogens with one attached hydrogen (secondary N) is 2. The van der Waals surface area contributed by atoms with Crippen LogP contribution < -0.4 is 15.4 Å². The molecule has 1 saturated heterocycles. The zero-order valence-electron chi connectivity index (χ0n) is 12.5. The molecule has 5 nitrogen and oxygen atoms in total. The predicted octanol–water partition coefficient (Wildman–Crippen LogP) is 2.43. The van der Waals surface area contributed by atoms with Crippen molar-refractivity contribution in [2.45, 2.75) is 26.3 Å². The summed E-state index contributed by atoms with van der Waals surface area (Å²) in [4.78, 5) is 14.2. The van der Waals surface area contributed by atoms with Gasteiger partial charge < -0.3 is 20.3 Å². The van der Waals surface area contributed by atoms with E-state index in [9.17, 15) is 4.79 Å². The molecule has 0 spiro atoms. The maximum absolute atomic E-state index is 12.3. The number of hydrogen-bond acceptors (Lipinski definition) is 3. The molecule has 1 aromatic carbocycles. The van der Waals surface area contributed by atoms with Gasteiger partial charge in [-0.1, -0.05) is 6.92 Å². The Morgan fingerprint density at radius 1 is 1.38 bits per heavy atom. The van der Waals surface area contributed by atoms with Crippen LogP contribution in [0.5, 0.6) is 5.75 Å². The van der Waals surface area contributed by atoms with Gasteiger partial charge in [0.1, 0.15) is 12.4 Å². The standard InChI is InChI=1S/C16H23N3O2/c1-12-4-7-19(8-5-12)16(20)18-14-2-3-15-13(10-14)11-17-6-9-21-15/h2-3,10,12,17H,4-9,11H2,1H3,(H,18,20). The number of likely N-dealkylation sites (tertiary alicyclic amines) is 1. The number of fused-ring (bicyclic) bond motifs is 1. The van der Waals surface area contributed by atoms with Gasteiger partial charge in [-0.3, -0.25) is 0 Å². The Hall–Kier alpha value is -1.75. The molecule has 0 saturated carbocycles. The average molecular weight is 289 g/mol. The van der Waals surface area contributed by atoms with Crippen LogP contribution in [0.4, 0.5) is 10.5 Å². The molecule has 1 fully saturated rings. The summed E-state index contributed by atoms with van der Waals surface area (Å²) in [7, 11) is 0. The van der Waals surface area contributed by atoms with Gasteiger partial charge in [0.25, 0.3) is 0 Å². The fourth-order valence-corrected chi connectivity index (χ4v) is 2.81. The van der Waals surface area contributed by atoms with E-state index in [-0.39, 0.29) is 6.03 Å². The molecule has 2 aliphatic rings. The van der Waals surface area contributed by atoms with Crippen LogP contribution in [0.3, 0.4) is 0 Å². The maximum Gasteiger partial charge on any atom is 0.321 e. The van der Waals surface area contributed by atoms with E-state index in [1.165, 1.54) is 0 Å². The quantitative estimate of drug-likeness (QED) is 0.835. The number of ether oxygens (including phenoxy) is 1. The van der Waals surface area contributed by atoms with Gasteiger partial charge in [-0.25, -0.2) is 4.79 Å². The van der Waals surface area contributed by atoms with Gasteiger partial charge in [0.2, 0.25) is 0 Å². The summed E-state index contributed by atoms with van der Waals surface area (Å²) in [5.74, 6) is 1.63. The number of piperidine rings is 1. The second kappa shape index (κ2) is 6.35. The zero-order chi connectivity index (χ0) is 14.7. The van der Waals surface area contributed by atoms with Crippen molar-refractivity contribution in [1.29, 1.82) is 0 Å². The van der Waals surface area contributed by atoms with Crippen molar-refractivity contribution in [2.24, 2.45) is 5.92 Å². The number of nitrogens with zero attached hydrogens (tertiary/aromatic N) is 1. The fourth-order valence-electron chi connectivity index (χ4n) is 2.81. The van der Waals surface area contributed by atoms with Crippen molar-refractivity contribution in [3.05, 3.63) is 23.8 Å². The Kier molecular flexibility index (Phi) is 4.29. The molecular formula is C16H23N3O2. The van der Waals surface area contributed by atoms with E-state index in [2.05, 4.69) is 17.6 Å². The van der Waals surface area contributed by atoms with Crippen LogP contribution in [0.15, 0.2) is 18.2 Å². The first kappa shape index (κ1) is 14.2. The topological polar surface area (TPSA) is 53.6 Å². The second-order valence-electron chi connectivity index (χ2n) is 5.95. The van der Waals surface area contributed by atoms with Gasteiger partial charge in [-0.2, -0.15) is 0 Å². The van der Waals surface area contributed by atoms with Crippen molar-refractivity contribution >= 4 is 11.7 Å². The molecule has 5 heteroatoms. The number of hydrogen-bond donors (Lipinski definition) is 2. The van der Waals surface area contributed by atoms with E-state index in [1.807, 2.05) is 23.1 Å². The summed E-state index contributed by atoms with van der Waals surface area (Å²) in [5, 5.41) is 6.30. The molecule has 21 heavy (non-hydrogen) atoms. The van der Waals surface area contributed by atoms with Crippen molar-refractivity contribution in [3.63, 3.8) is 0 Å². The molecule has 0 radical (unpaired) electrons. The Bertz CT molecular complexity index is 510. The van der Waals surface area contributed by atoms with Crippen LogP contribution in [0.25, 0.3) is 0 Å². The van der Waals surface area contributed by atoms with Crippen LogP contribution in [-0.2, 0) is 6.54 Å². The van der Waals surface area contributed by atoms with Crippen molar-refractivity contribution in [1.82, 2.24) is 10.2 Å². The van der Waals surface area contributed by atoms with Gasteiger partial charge in [0.05, 0.1) is 0 Å². The summed E-state index contributed by atoms with van der Waals surface area (Å²) < 4.78 is 5.65. The number of carbonyl (C=O) groups excluding carboxylic acids is 1. The zero-order valence-corrected chi connectivity index (χ0v) is 12.5. The van der Waals surface area contributed by atoms with E-state index in [0.29, 0.717) is 6.61 Å². The van der Waals surface area contributed by atoms with Crippen LogP contribution in [-0.4, -0.2) is 37.2 Å². The first-order chi connectivity index (χ1) is 10.2. The van der Waals surface area contributed by atoms with E-state index >= 15 is 0 Å². The van der Waals surface area contributed by atoms with Crippen LogP contribution in [0.2, 0.25) is 0 Å². The Morgan fingerprint density at radius 3 is 3.00 bits per heavy atom. The minimum absolute atomic E-state index is 0.00403. The molecule has 0 unspecified atom stereocenters. The third kappa shape index (κ3) is 3.47. The number of anilines is 1. The van der Waals surface area contributed by atoms with Crippen LogP contribution >= 0.6 is 0 Å². The van der Waals surface area contributed by atoms with Crippen molar-refractivity contribution < 1.29 is 9.53 Å². The van der Waals surface area contributed by atoms with E-state index in [0.717, 1.165) is 61.9 Å². The highest BCUT2D eigenvalue weighted by Crippen LogP contribution is 2.24. The Labute approximate surface area is 125 Å². The molecule has 2 heterocycles. The Morgan fingerprint density at radius 2 is 2.19 bits per heavy atom. The van der Waals surface area contributed by atoms with Crippen molar-refractivity contribution in [3.8, 4) is 5.75 Å². The van der Waals surface area contributed by atoms with Crippen LogP contribution in [0, 0.1) is 5.92 Å². The van der Waals surface area contributed by atoms with Crippen molar-refractivity contribution in [2.75, 3.05) is 31.6 Å². The average Bonchev–Trinajstić information content (AvgIpc) is 2.72. The highest BCUT2D eigenvalue weighted by Gasteiger charge is 2.20. The highest BCUT2D eigenvalue weighted by atomic mass is 16.5. The molecular weight excluding hydrogens is 266 g/mol. The molecule has 114 valence electrons. The molecule has 0 aliphatic carbocycles. The monoisotopic (exact) mass is 289 g/mol. The number of rotatable bonds is 1. The third-order valence-electron chi connectivity index (χ3n) is 4.23. The molecule has 2 aliphatic heterocycles. The van der Waals surface area contributed by atoms with Gasteiger partial charge in [0.15, 0.2) is 0 Å². The fraction of sp³-hybridized carbons (Fsp3) is 0.562. The molecule has 0 atom stereocenters. The summed E-state index contributed by atoms with van der Waals surface area (Å²) in [6.07, 6.45) is 2.19. The lowest BCUT2D eigenvalue weighted by Gasteiger charge is -2.30. The predicted molar refractivity (Wildman–Crippen MR) is 82.6 cm³/mol. The lowest BCUT2D eigenvalue weighted by Crippen LogP contribution is -2.40. The van der Waals surface area contributed by atoms with Gasteiger partial charge in [0, 0.05) is 37.4 Å². The Balaban J connectivity index is 1.64. The summed E-state index contributed by atoms with van der Waals surface area (Å²) in [6.45, 7) is 6.26. The largest absolute Gasteiger partial charge is 0.492 e. The number of urea groups is 1.